The van der Waals surface area contributed by atoms with Crippen molar-refractivity contribution in [2.24, 2.45) is 5.92 Å². The number of rotatable bonds is 6. The van der Waals surface area contributed by atoms with Gasteiger partial charge in [0.05, 0.1) is 41.4 Å². The monoisotopic (exact) mass is 344 g/mol. The predicted molar refractivity (Wildman–Crippen MR) is 67.0 cm³/mol. The number of aliphatic hydroxyl groups is 1. The molecule has 0 aliphatic carbocycles. The number of ether oxygens (including phenoxy) is 1. The van der Waals surface area contributed by atoms with Gasteiger partial charge < -0.3 is 15.2 Å². The van der Waals surface area contributed by atoms with E-state index in [2.05, 4.69) is 8.85 Å². The van der Waals surface area contributed by atoms with Crippen molar-refractivity contribution in [3.63, 3.8) is 0 Å². The molecule has 0 radical (unpaired) electrons. The molecule has 0 aliphatic rings. The lowest BCUT2D eigenvalue weighted by molar-refractivity contribution is -0.148. The van der Waals surface area contributed by atoms with Crippen LogP contribution in [0.3, 0.4) is 0 Å². The fourth-order valence-electron chi connectivity index (χ4n) is 0.844. The summed E-state index contributed by atoms with van der Waals surface area (Å²) in [6, 6.07) is -1.01. The van der Waals surface area contributed by atoms with E-state index in [4.69, 9.17) is 9.84 Å². The van der Waals surface area contributed by atoms with Gasteiger partial charge in [0.1, 0.15) is 6.61 Å². The van der Waals surface area contributed by atoms with Gasteiger partial charge in [-0.2, -0.15) is 0 Å². The highest BCUT2D eigenvalue weighted by Crippen LogP contribution is 2.03. The number of carbonyl (C=O) groups is 2. The summed E-state index contributed by atoms with van der Waals surface area (Å²) in [7, 11) is 0. The molecule has 2 unspecified atom stereocenters. The second kappa shape index (κ2) is 8.57. The lowest BCUT2D eigenvalue weighted by Gasteiger charge is -2.17. The summed E-state index contributed by atoms with van der Waals surface area (Å²) in [6.45, 7) is 3.35. The Morgan fingerprint density at radius 2 is 2.12 bits per heavy atom. The topological polar surface area (TPSA) is 87.7 Å². The average molecular weight is 344 g/mol. The first-order chi connectivity index (χ1) is 7.54. The Bertz CT molecular complexity index is 238. The van der Waals surface area contributed by atoms with E-state index < -0.39 is 12.1 Å². The highest BCUT2D eigenvalue weighted by atomic mass is 127. The predicted octanol–water partition coefficient (Wildman–Crippen LogP) is 0.586. The van der Waals surface area contributed by atoms with Gasteiger partial charge in [-0.1, -0.05) is 13.8 Å². The number of aliphatic hydroxyl groups excluding tert-OH is 1. The second-order valence-electron chi connectivity index (χ2n) is 3.39. The first-order valence-electron chi connectivity index (χ1n) is 4.99. The smallest absolute Gasteiger partial charge is 0.323 e. The van der Waals surface area contributed by atoms with E-state index in [-0.39, 0.29) is 25.1 Å². The van der Waals surface area contributed by atoms with E-state index in [0.29, 0.717) is 6.42 Å². The maximum Gasteiger partial charge on any atom is 0.323 e. The van der Waals surface area contributed by atoms with Crippen LogP contribution in [0.1, 0.15) is 20.3 Å². The molecule has 7 heteroatoms. The summed E-state index contributed by atoms with van der Waals surface area (Å²) in [5.41, 5.74) is 0. The van der Waals surface area contributed by atoms with Crippen LogP contribution in [0.15, 0.2) is 0 Å². The van der Waals surface area contributed by atoms with Crippen LogP contribution in [0.25, 0.3) is 0 Å². The number of hydrogen-bond acceptors (Lipinski definition) is 4. The molecule has 0 rings (SSSR count). The van der Waals surface area contributed by atoms with Crippen LogP contribution >= 0.6 is 22.9 Å². The number of hydrogen-bond donors (Lipinski definition) is 3. The number of halogens is 1. The SMILES string of the molecule is CCC(C)C(=O)OCC(CO)NC(=O)NI. The van der Waals surface area contributed by atoms with Crippen LogP contribution in [0, 0.1) is 5.92 Å². The van der Waals surface area contributed by atoms with Crippen LogP contribution in [0.5, 0.6) is 0 Å². The fourth-order valence-corrected chi connectivity index (χ4v) is 1.00. The third-order valence-corrected chi connectivity index (χ3v) is 2.57. The lowest BCUT2D eigenvalue weighted by Crippen LogP contribution is -2.44. The molecule has 0 aromatic carbocycles. The molecule has 2 amide bonds. The molecule has 0 aromatic rings. The van der Waals surface area contributed by atoms with Gasteiger partial charge in [-0.25, -0.2) is 4.79 Å². The van der Waals surface area contributed by atoms with Gasteiger partial charge >= 0.3 is 12.0 Å². The minimum atomic E-state index is -0.581. The van der Waals surface area contributed by atoms with Gasteiger partial charge in [0.15, 0.2) is 0 Å². The normalized spacial score (nSPS) is 13.8. The number of esters is 1. The van der Waals surface area contributed by atoms with Crippen molar-refractivity contribution < 1.29 is 19.4 Å². The van der Waals surface area contributed by atoms with Crippen molar-refractivity contribution in [3.8, 4) is 0 Å². The summed E-state index contributed by atoms with van der Waals surface area (Å²) >= 11 is 1.67. The molecule has 2 atom stereocenters. The van der Waals surface area contributed by atoms with Gasteiger partial charge in [-0.15, -0.1) is 0 Å². The fraction of sp³-hybridized carbons (Fsp3) is 0.778. The van der Waals surface area contributed by atoms with Gasteiger partial charge in [0.2, 0.25) is 0 Å². The summed E-state index contributed by atoms with van der Waals surface area (Å²) < 4.78 is 7.27. The quantitative estimate of drug-likeness (QED) is 0.374. The molecule has 94 valence electrons. The van der Waals surface area contributed by atoms with Crippen molar-refractivity contribution in [3.05, 3.63) is 0 Å². The zero-order valence-electron chi connectivity index (χ0n) is 9.33. The Morgan fingerprint density at radius 1 is 1.50 bits per heavy atom. The first kappa shape index (κ1) is 15.4. The molecule has 6 nitrogen and oxygen atoms in total. The van der Waals surface area contributed by atoms with Crippen LogP contribution in [0.2, 0.25) is 0 Å². The van der Waals surface area contributed by atoms with Gasteiger partial charge in [0.25, 0.3) is 0 Å². The summed E-state index contributed by atoms with van der Waals surface area (Å²) in [5, 5.41) is 11.4. The molecule has 0 saturated heterocycles. The lowest BCUT2D eigenvalue weighted by atomic mass is 10.1. The zero-order chi connectivity index (χ0) is 12.6. The molecule has 16 heavy (non-hydrogen) atoms. The first-order valence-corrected chi connectivity index (χ1v) is 6.07. The van der Waals surface area contributed by atoms with Crippen molar-refractivity contribution in [1.82, 2.24) is 8.85 Å². The molecular formula is C9H17IN2O4. The van der Waals surface area contributed by atoms with Gasteiger partial charge in [-0.05, 0) is 6.42 Å². The van der Waals surface area contributed by atoms with Crippen LogP contribution < -0.4 is 8.85 Å². The molecule has 0 heterocycles. The molecule has 0 fully saturated rings. The summed E-state index contributed by atoms with van der Waals surface area (Å²) in [5.74, 6) is -0.490. The molecule has 0 spiro atoms. The molecule has 0 saturated carbocycles. The third-order valence-electron chi connectivity index (χ3n) is 2.08. The molecule has 3 N–H and O–H groups in total. The number of nitrogens with one attached hydrogen (secondary N) is 2. The Morgan fingerprint density at radius 3 is 2.56 bits per heavy atom. The Labute approximate surface area is 109 Å². The Balaban J connectivity index is 3.95. The Kier molecular flexibility index (Phi) is 8.26. The van der Waals surface area contributed by atoms with Gasteiger partial charge in [0, 0.05) is 0 Å². The van der Waals surface area contributed by atoms with E-state index in [9.17, 15) is 9.59 Å². The van der Waals surface area contributed by atoms with E-state index >= 15 is 0 Å². The number of carbonyl (C=O) groups excluding carboxylic acids is 2. The number of urea groups is 1. The van der Waals surface area contributed by atoms with E-state index in [1.807, 2.05) is 6.92 Å². The molecular weight excluding hydrogens is 327 g/mol. The average Bonchev–Trinajstić information content (AvgIpc) is 2.32. The zero-order valence-corrected chi connectivity index (χ0v) is 11.5. The Hall–Kier alpha value is -0.570. The maximum absolute atomic E-state index is 11.3. The summed E-state index contributed by atoms with van der Waals surface area (Å²) in [4.78, 5) is 22.3. The summed E-state index contributed by atoms with van der Waals surface area (Å²) in [6.07, 6.45) is 0.699. The minimum Gasteiger partial charge on any atom is -0.463 e. The largest absolute Gasteiger partial charge is 0.463 e. The highest BCUT2D eigenvalue weighted by molar-refractivity contribution is 14.1. The van der Waals surface area contributed by atoms with Crippen LogP contribution in [-0.2, 0) is 9.53 Å². The van der Waals surface area contributed by atoms with Crippen molar-refractivity contribution in [1.29, 1.82) is 0 Å². The van der Waals surface area contributed by atoms with Crippen LogP contribution in [0.4, 0.5) is 4.79 Å². The van der Waals surface area contributed by atoms with Crippen LogP contribution in [-0.4, -0.2) is 36.4 Å². The minimum absolute atomic E-state index is 0.0241. The standard InChI is InChI=1S/C9H17IN2O4/c1-3-6(2)8(14)16-5-7(4-13)11-9(15)12-10/h6-7,13H,3-5H2,1-2H3,(H2,11,12,15). The van der Waals surface area contributed by atoms with Crippen molar-refractivity contribution in [2.45, 2.75) is 26.3 Å². The van der Waals surface area contributed by atoms with E-state index in [1.165, 1.54) is 0 Å². The highest BCUT2D eigenvalue weighted by Gasteiger charge is 2.16. The second-order valence-corrected chi connectivity index (χ2v) is 3.93. The van der Waals surface area contributed by atoms with Crippen molar-refractivity contribution in [2.75, 3.05) is 13.2 Å². The third kappa shape index (κ3) is 6.11. The molecule has 0 aromatic heterocycles. The van der Waals surface area contributed by atoms with E-state index in [0.717, 1.165) is 0 Å². The van der Waals surface area contributed by atoms with Gasteiger partial charge in [-0.3, -0.25) is 8.32 Å². The maximum atomic E-state index is 11.3. The van der Waals surface area contributed by atoms with Crippen molar-refractivity contribution >= 4 is 34.9 Å². The van der Waals surface area contributed by atoms with E-state index in [1.54, 1.807) is 29.8 Å². The number of amides is 2. The molecule has 0 aliphatic heterocycles. The molecule has 0 bridgehead atoms.